The summed E-state index contributed by atoms with van der Waals surface area (Å²) in [5, 5.41) is 4.64. The maximum atomic E-state index is 6.31. The highest BCUT2D eigenvalue weighted by atomic mass is 35.5. The van der Waals surface area contributed by atoms with Gasteiger partial charge in [0.15, 0.2) is 0 Å². The summed E-state index contributed by atoms with van der Waals surface area (Å²) < 4.78 is 0. The molecule has 19 heavy (non-hydrogen) atoms. The molecule has 1 nitrogen and oxygen atoms in total. The van der Waals surface area contributed by atoms with Crippen molar-refractivity contribution in [2.75, 3.05) is 6.54 Å². The zero-order valence-electron chi connectivity index (χ0n) is 12.4. The van der Waals surface area contributed by atoms with E-state index in [-0.39, 0.29) is 0 Å². The van der Waals surface area contributed by atoms with E-state index in [0.717, 1.165) is 23.4 Å². The summed E-state index contributed by atoms with van der Waals surface area (Å²) in [6.45, 7) is 7.77. The summed E-state index contributed by atoms with van der Waals surface area (Å²) >= 11 is 6.31. The van der Waals surface area contributed by atoms with Crippen molar-refractivity contribution in [3.8, 4) is 0 Å². The van der Waals surface area contributed by atoms with Gasteiger partial charge in [-0.25, -0.2) is 0 Å². The van der Waals surface area contributed by atoms with E-state index in [2.05, 4.69) is 44.3 Å². The molecule has 0 bridgehead atoms. The normalized spacial score (nSPS) is 24.6. The van der Waals surface area contributed by atoms with Crippen molar-refractivity contribution >= 4 is 11.6 Å². The Morgan fingerprint density at radius 1 is 1.37 bits per heavy atom. The molecule has 1 saturated carbocycles. The predicted molar refractivity (Wildman–Crippen MR) is 83.7 cm³/mol. The summed E-state index contributed by atoms with van der Waals surface area (Å²) in [6, 6.07) is 7.03. The molecule has 1 aliphatic carbocycles. The SMILES string of the molecule is CCCNC(c1ccc(C)c(Cl)c1)C1CCCC1C. The summed E-state index contributed by atoms with van der Waals surface area (Å²) in [5.41, 5.74) is 2.53. The molecule has 1 aromatic carbocycles. The van der Waals surface area contributed by atoms with E-state index in [0.29, 0.717) is 6.04 Å². The molecule has 0 radical (unpaired) electrons. The lowest BCUT2D eigenvalue weighted by atomic mass is 9.85. The standard InChI is InChI=1S/C17H26ClN/c1-4-10-19-17(15-7-5-6-12(15)2)14-9-8-13(3)16(18)11-14/h8-9,11-12,15,17,19H,4-7,10H2,1-3H3. The van der Waals surface area contributed by atoms with Gasteiger partial charge in [0.1, 0.15) is 0 Å². The molecule has 3 unspecified atom stereocenters. The van der Waals surface area contributed by atoms with E-state index < -0.39 is 0 Å². The number of benzene rings is 1. The average molecular weight is 280 g/mol. The second kappa shape index (κ2) is 6.76. The molecule has 0 spiro atoms. The molecule has 0 saturated heterocycles. The molecule has 3 atom stereocenters. The summed E-state index contributed by atoms with van der Waals surface area (Å²) in [6.07, 6.45) is 5.26. The highest BCUT2D eigenvalue weighted by molar-refractivity contribution is 6.31. The lowest BCUT2D eigenvalue weighted by Gasteiger charge is -2.29. The maximum Gasteiger partial charge on any atom is 0.0438 e. The van der Waals surface area contributed by atoms with Crippen LogP contribution in [0, 0.1) is 18.8 Å². The van der Waals surface area contributed by atoms with Crippen LogP contribution in [0.2, 0.25) is 5.02 Å². The van der Waals surface area contributed by atoms with Gasteiger partial charge < -0.3 is 5.32 Å². The van der Waals surface area contributed by atoms with Gasteiger partial charge in [-0.15, -0.1) is 0 Å². The van der Waals surface area contributed by atoms with Crippen LogP contribution in [0.5, 0.6) is 0 Å². The Balaban J connectivity index is 2.22. The summed E-state index contributed by atoms with van der Waals surface area (Å²) in [5.74, 6) is 1.57. The van der Waals surface area contributed by atoms with Gasteiger partial charge in [-0.05, 0) is 55.3 Å². The molecule has 1 fully saturated rings. The van der Waals surface area contributed by atoms with E-state index >= 15 is 0 Å². The Hall–Kier alpha value is -0.530. The molecular formula is C17H26ClN. The quantitative estimate of drug-likeness (QED) is 0.788. The third-order valence-electron chi connectivity index (χ3n) is 4.53. The number of nitrogens with one attached hydrogen (secondary N) is 1. The highest BCUT2D eigenvalue weighted by Gasteiger charge is 2.31. The van der Waals surface area contributed by atoms with Gasteiger partial charge >= 0.3 is 0 Å². The third-order valence-corrected chi connectivity index (χ3v) is 4.93. The van der Waals surface area contributed by atoms with Crippen molar-refractivity contribution in [2.45, 2.75) is 52.5 Å². The van der Waals surface area contributed by atoms with Gasteiger partial charge in [0, 0.05) is 11.1 Å². The van der Waals surface area contributed by atoms with Crippen molar-refractivity contribution in [3.63, 3.8) is 0 Å². The maximum absolute atomic E-state index is 6.31. The van der Waals surface area contributed by atoms with Crippen LogP contribution in [0.3, 0.4) is 0 Å². The molecule has 0 aliphatic heterocycles. The fraction of sp³-hybridized carbons (Fsp3) is 0.647. The summed E-state index contributed by atoms with van der Waals surface area (Å²) in [4.78, 5) is 0. The molecule has 0 amide bonds. The number of halogens is 1. The highest BCUT2D eigenvalue weighted by Crippen LogP contribution is 2.40. The minimum Gasteiger partial charge on any atom is -0.310 e. The minimum absolute atomic E-state index is 0.468. The number of rotatable bonds is 5. The third kappa shape index (κ3) is 3.52. The smallest absolute Gasteiger partial charge is 0.0438 e. The monoisotopic (exact) mass is 279 g/mol. The van der Waals surface area contributed by atoms with Crippen molar-refractivity contribution < 1.29 is 0 Å². The molecule has 106 valence electrons. The predicted octanol–water partition coefficient (Wildman–Crippen LogP) is 5.13. The Labute approximate surface area is 122 Å². The molecular weight excluding hydrogens is 254 g/mol. The van der Waals surface area contributed by atoms with Crippen LogP contribution in [0.4, 0.5) is 0 Å². The molecule has 1 aromatic rings. The fourth-order valence-corrected chi connectivity index (χ4v) is 3.48. The zero-order chi connectivity index (χ0) is 13.8. The summed E-state index contributed by atoms with van der Waals surface area (Å²) in [7, 11) is 0. The molecule has 2 heteroatoms. The Morgan fingerprint density at radius 3 is 2.74 bits per heavy atom. The molecule has 0 aromatic heterocycles. The van der Waals surface area contributed by atoms with Gasteiger partial charge in [-0.1, -0.05) is 50.4 Å². The lowest BCUT2D eigenvalue weighted by Crippen LogP contribution is -2.30. The fourth-order valence-electron chi connectivity index (χ4n) is 3.29. The second-order valence-electron chi connectivity index (χ2n) is 6.01. The van der Waals surface area contributed by atoms with Gasteiger partial charge in [-0.2, -0.15) is 0 Å². The van der Waals surface area contributed by atoms with Crippen LogP contribution < -0.4 is 5.32 Å². The van der Waals surface area contributed by atoms with E-state index in [1.165, 1.54) is 36.8 Å². The van der Waals surface area contributed by atoms with Gasteiger partial charge in [0.05, 0.1) is 0 Å². The van der Waals surface area contributed by atoms with Crippen molar-refractivity contribution in [1.82, 2.24) is 5.32 Å². The minimum atomic E-state index is 0.468. The van der Waals surface area contributed by atoms with E-state index in [9.17, 15) is 0 Å². The first-order chi connectivity index (χ1) is 9.13. The number of hydrogen-bond donors (Lipinski definition) is 1. The molecule has 1 N–H and O–H groups in total. The number of aryl methyl sites for hydroxylation is 1. The van der Waals surface area contributed by atoms with Crippen LogP contribution in [0.15, 0.2) is 18.2 Å². The van der Waals surface area contributed by atoms with Crippen molar-refractivity contribution in [1.29, 1.82) is 0 Å². The average Bonchev–Trinajstić information content (AvgIpc) is 2.80. The van der Waals surface area contributed by atoms with Crippen molar-refractivity contribution in [2.24, 2.45) is 11.8 Å². The van der Waals surface area contributed by atoms with Crippen LogP contribution in [-0.2, 0) is 0 Å². The van der Waals surface area contributed by atoms with Crippen LogP contribution in [0.1, 0.15) is 56.7 Å². The molecule has 1 aliphatic rings. The Bertz CT molecular complexity index is 416. The zero-order valence-corrected chi connectivity index (χ0v) is 13.1. The van der Waals surface area contributed by atoms with E-state index in [4.69, 9.17) is 11.6 Å². The van der Waals surface area contributed by atoms with E-state index in [1.807, 2.05) is 0 Å². The second-order valence-corrected chi connectivity index (χ2v) is 6.42. The Kier molecular flexibility index (Phi) is 5.29. The first-order valence-electron chi connectivity index (χ1n) is 7.63. The van der Waals surface area contributed by atoms with E-state index in [1.54, 1.807) is 0 Å². The first kappa shape index (κ1) is 14.9. The van der Waals surface area contributed by atoms with Crippen LogP contribution >= 0.6 is 11.6 Å². The topological polar surface area (TPSA) is 12.0 Å². The Morgan fingerprint density at radius 2 is 2.16 bits per heavy atom. The molecule has 2 rings (SSSR count). The number of hydrogen-bond acceptors (Lipinski definition) is 1. The van der Waals surface area contributed by atoms with Gasteiger partial charge in [-0.3, -0.25) is 0 Å². The van der Waals surface area contributed by atoms with Crippen LogP contribution in [0.25, 0.3) is 0 Å². The largest absolute Gasteiger partial charge is 0.310 e. The van der Waals surface area contributed by atoms with Crippen molar-refractivity contribution in [3.05, 3.63) is 34.3 Å². The van der Waals surface area contributed by atoms with Gasteiger partial charge in [0.25, 0.3) is 0 Å². The first-order valence-corrected chi connectivity index (χ1v) is 8.00. The lowest BCUT2D eigenvalue weighted by molar-refractivity contribution is 0.302. The van der Waals surface area contributed by atoms with Gasteiger partial charge in [0.2, 0.25) is 0 Å². The van der Waals surface area contributed by atoms with Crippen LogP contribution in [-0.4, -0.2) is 6.54 Å². The molecule has 0 heterocycles.